The van der Waals surface area contributed by atoms with Gasteiger partial charge in [-0.1, -0.05) is 12.8 Å². The summed E-state index contributed by atoms with van der Waals surface area (Å²) in [4.78, 5) is 0. The highest BCUT2D eigenvalue weighted by molar-refractivity contribution is 4.78. The third-order valence-corrected chi connectivity index (χ3v) is 4.20. The number of aliphatic hydroxyl groups excluding tert-OH is 1. The van der Waals surface area contributed by atoms with Crippen LogP contribution in [0.25, 0.3) is 0 Å². The standard InChI is InChI=1S/C13H23FO/c14-12-3-1-2-11(9-12)8-10-4-6-13(15)7-5-10/h10-13,15H,1-9H2. The molecule has 2 atom stereocenters. The number of hydrogen-bond acceptors (Lipinski definition) is 1. The van der Waals surface area contributed by atoms with Crippen LogP contribution in [0, 0.1) is 11.8 Å². The molecule has 0 heterocycles. The van der Waals surface area contributed by atoms with Crippen LogP contribution in [0.5, 0.6) is 0 Å². The zero-order valence-electron chi connectivity index (χ0n) is 9.50. The lowest BCUT2D eigenvalue weighted by molar-refractivity contribution is 0.0931. The van der Waals surface area contributed by atoms with Crippen LogP contribution >= 0.6 is 0 Å². The highest BCUT2D eigenvalue weighted by Gasteiger charge is 2.26. The molecule has 0 spiro atoms. The Morgan fingerprint density at radius 2 is 1.67 bits per heavy atom. The quantitative estimate of drug-likeness (QED) is 0.746. The van der Waals surface area contributed by atoms with Gasteiger partial charge in [-0.2, -0.15) is 0 Å². The molecule has 0 aromatic heterocycles. The van der Waals surface area contributed by atoms with E-state index in [0.717, 1.165) is 50.9 Å². The summed E-state index contributed by atoms with van der Waals surface area (Å²) in [5.74, 6) is 1.40. The number of rotatable bonds is 2. The lowest BCUT2D eigenvalue weighted by atomic mass is 9.77. The van der Waals surface area contributed by atoms with Gasteiger partial charge in [0.2, 0.25) is 0 Å². The van der Waals surface area contributed by atoms with Gasteiger partial charge in [0.05, 0.1) is 6.10 Å². The number of aliphatic hydroxyl groups is 1. The second-order valence-corrected chi connectivity index (χ2v) is 5.54. The zero-order valence-corrected chi connectivity index (χ0v) is 9.50. The zero-order chi connectivity index (χ0) is 10.7. The minimum absolute atomic E-state index is 0.0541. The van der Waals surface area contributed by atoms with Gasteiger partial charge in [-0.05, 0) is 56.8 Å². The second kappa shape index (κ2) is 5.29. The van der Waals surface area contributed by atoms with Crippen LogP contribution in [0.4, 0.5) is 4.39 Å². The maximum absolute atomic E-state index is 13.2. The van der Waals surface area contributed by atoms with Crippen molar-refractivity contribution < 1.29 is 9.50 Å². The van der Waals surface area contributed by atoms with Crippen molar-refractivity contribution in [3.8, 4) is 0 Å². The Kier molecular flexibility index (Phi) is 4.01. The van der Waals surface area contributed by atoms with Crippen LogP contribution in [0.3, 0.4) is 0 Å². The highest BCUT2D eigenvalue weighted by atomic mass is 19.1. The van der Waals surface area contributed by atoms with E-state index in [2.05, 4.69) is 0 Å². The molecule has 0 aliphatic heterocycles. The van der Waals surface area contributed by atoms with Crippen LogP contribution in [0.2, 0.25) is 0 Å². The van der Waals surface area contributed by atoms with Crippen molar-refractivity contribution in [3.63, 3.8) is 0 Å². The number of hydrogen-bond donors (Lipinski definition) is 1. The van der Waals surface area contributed by atoms with Crippen LogP contribution in [0.15, 0.2) is 0 Å². The average molecular weight is 214 g/mol. The Balaban J connectivity index is 1.71. The summed E-state index contributed by atoms with van der Waals surface area (Å²) in [5, 5.41) is 9.41. The lowest BCUT2D eigenvalue weighted by Gasteiger charge is -2.31. The predicted molar refractivity (Wildman–Crippen MR) is 59.4 cm³/mol. The summed E-state index contributed by atoms with van der Waals surface area (Å²) in [5.41, 5.74) is 0. The molecule has 1 nitrogen and oxygen atoms in total. The lowest BCUT2D eigenvalue weighted by Crippen LogP contribution is -2.23. The highest BCUT2D eigenvalue weighted by Crippen LogP contribution is 2.36. The van der Waals surface area contributed by atoms with Gasteiger partial charge in [0.25, 0.3) is 0 Å². The molecule has 2 rings (SSSR count). The van der Waals surface area contributed by atoms with Gasteiger partial charge in [-0.15, -0.1) is 0 Å². The van der Waals surface area contributed by atoms with E-state index in [1.807, 2.05) is 0 Å². The molecule has 0 aromatic rings. The van der Waals surface area contributed by atoms with E-state index < -0.39 is 6.17 Å². The minimum atomic E-state index is -0.530. The van der Waals surface area contributed by atoms with E-state index in [-0.39, 0.29) is 6.10 Å². The molecule has 2 heteroatoms. The summed E-state index contributed by atoms with van der Waals surface area (Å²) in [7, 11) is 0. The van der Waals surface area contributed by atoms with Gasteiger partial charge in [0.15, 0.2) is 0 Å². The molecule has 2 fully saturated rings. The van der Waals surface area contributed by atoms with Gasteiger partial charge in [0, 0.05) is 0 Å². The Bertz CT molecular complexity index is 187. The summed E-state index contributed by atoms with van der Waals surface area (Å²) >= 11 is 0. The summed E-state index contributed by atoms with van der Waals surface area (Å²) < 4.78 is 13.2. The van der Waals surface area contributed by atoms with Crippen molar-refractivity contribution in [2.24, 2.45) is 11.8 Å². The van der Waals surface area contributed by atoms with Gasteiger partial charge < -0.3 is 5.11 Å². The molecule has 0 saturated heterocycles. The monoisotopic (exact) mass is 214 g/mol. The Morgan fingerprint density at radius 3 is 2.33 bits per heavy atom. The fourth-order valence-corrected chi connectivity index (χ4v) is 3.29. The van der Waals surface area contributed by atoms with E-state index in [4.69, 9.17) is 0 Å². The SMILES string of the molecule is OC1CCC(CC2CCCC(F)C2)CC1. The molecule has 2 saturated carbocycles. The van der Waals surface area contributed by atoms with Crippen molar-refractivity contribution in [3.05, 3.63) is 0 Å². The van der Waals surface area contributed by atoms with Crippen LogP contribution in [0.1, 0.15) is 57.8 Å². The van der Waals surface area contributed by atoms with E-state index in [0.29, 0.717) is 5.92 Å². The van der Waals surface area contributed by atoms with Crippen LogP contribution in [-0.2, 0) is 0 Å². The maximum Gasteiger partial charge on any atom is 0.100 e. The molecule has 2 unspecified atom stereocenters. The van der Waals surface area contributed by atoms with Crippen molar-refractivity contribution in [1.29, 1.82) is 0 Å². The molecule has 15 heavy (non-hydrogen) atoms. The Morgan fingerprint density at radius 1 is 0.933 bits per heavy atom. The smallest absolute Gasteiger partial charge is 0.100 e. The molecule has 0 aromatic carbocycles. The topological polar surface area (TPSA) is 20.2 Å². The molecule has 0 bridgehead atoms. The largest absolute Gasteiger partial charge is 0.393 e. The van der Waals surface area contributed by atoms with Crippen molar-refractivity contribution in [2.75, 3.05) is 0 Å². The normalized spacial score (nSPS) is 42.8. The van der Waals surface area contributed by atoms with Crippen molar-refractivity contribution in [1.82, 2.24) is 0 Å². The molecule has 2 aliphatic carbocycles. The van der Waals surface area contributed by atoms with Crippen LogP contribution < -0.4 is 0 Å². The van der Waals surface area contributed by atoms with E-state index in [1.54, 1.807) is 0 Å². The fourth-order valence-electron chi connectivity index (χ4n) is 3.29. The average Bonchev–Trinajstić information content (AvgIpc) is 2.22. The molecular formula is C13H23FO. The number of alkyl halides is 1. The molecule has 0 amide bonds. The Hall–Kier alpha value is -0.110. The first-order chi connectivity index (χ1) is 7.24. The van der Waals surface area contributed by atoms with Crippen molar-refractivity contribution in [2.45, 2.75) is 70.1 Å². The molecule has 1 N–H and O–H groups in total. The third kappa shape index (κ3) is 3.44. The third-order valence-electron chi connectivity index (χ3n) is 4.20. The first kappa shape index (κ1) is 11.4. The summed E-state index contributed by atoms with van der Waals surface area (Å²) in [6.07, 6.45) is 8.81. The van der Waals surface area contributed by atoms with Crippen molar-refractivity contribution >= 4 is 0 Å². The van der Waals surface area contributed by atoms with E-state index in [9.17, 15) is 9.50 Å². The number of halogens is 1. The van der Waals surface area contributed by atoms with E-state index in [1.165, 1.54) is 12.8 Å². The van der Waals surface area contributed by atoms with Gasteiger partial charge in [0.1, 0.15) is 6.17 Å². The Labute approximate surface area is 92.1 Å². The molecule has 0 radical (unpaired) electrons. The van der Waals surface area contributed by atoms with Gasteiger partial charge in [-0.25, -0.2) is 4.39 Å². The second-order valence-electron chi connectivity index (χ2n) is 5.54. The van der Waals surface area contributed by atoms with Gasteiger partial charge in [-0.3, -0.25) is 0 Å². The van der Waals surface area contributed by atoms with Crippen LogP contribution in [-0.4, -0.2) is 17.4 Å². The first-order valence-corrected chi connectivity index (χ1v) is 6.56. The maximum atomic E-state index is 13.2. The summed E-state index contributed by atoms with van der Waals surface area (Å²) in [6.45, 7) is 0. The molecular weight excluding hydrogens is 191 g/mol. The predicted octanol–water partition coefficient (Wildman–Crippen LogP) is 3.46. The minimum Gasteiger partial charge on any atom is -0.393 e. The fraction of sp³-hybridized carbons (Fsp3) is 1.00. The summed E-state index contributed by atoms with van der Waals surface area (Å²) in [6, 6.07) is 0. The van der Waals surface area contributed by atoms with E-state index >= 15 is 0 Å². The molecule has 88 valence electrons. The van der Waals surface area contributed by atoms with Gasteiger partial charge >= 0.3 is 0 Å². The molecule has 2 aliphatic rings. The first-order valence-electron chi connectivity index (χ1n) is 6.56.